The lowest BCUT2D eigenvalue weighted by atomic mass is 9.97. The van der Waals surface area contributed by atoms with Crippen molar-refractivity contribution < 1.29 is 36.9 Å². The first-order valence-electron chi connectivity index (χ1n) is 12.4. The molecule has 1 fully saturated rings. The van der Waals surface area contributed by atoms with Gasteiger partial charge in [0.25, 0.3) is 11.8 Å². The van der Waals surface area contributed by atoms with Gasteiger partial charge in [0.15, 0.2) is 0 Å². The highest BCUT2D eigenvalue weighted by Crippen LogP contribution is 2.44. The first-order chi connectivity index (χ1) is 19.4. The molecular formula is C27H24F4N6O4. The van der Waals surface area contributed by atoms with E-state index in [0.717, 1.165) is 6.07 Å². The van der Waals surface area contributed by atoms with Crippen LogP contribution >= 0.6 is 0 Å². The van der Waals surface area contributed by atoms with Crippen LogP contribution in [0, 0.1) is 11.3 Å². The number of carbonyl (C=O) groups is 1. The van der Waals surface area contributed by atoms with Gasteiger partial charge in [-0.05, 0) is 36.8 Å². The molecule has 1 amide bonds. The van der Waals surface area contributed by atoms with E-state index < -0.39 is 48.3 Å². The molecular weight excluding hydrogens is 548 g/mol. The Morgan fingerprint density at radius 2 is 1.95 bits per heavy atom. The summed E-state index contributed by atoms with van der Waals surface area (Å²) in [5, 5.41) is 30.9. The van der Waals surface area contributed by atoms with E-state index in [-0.39, 0.29) is 23.4 Å². The molecule has 2 N–H and O–H groups in total. The lowest BCUT2D eigenvalue weighted by Crippen LogP contribution is -2.30. The van der Waals surface area contributed by atoms with Crippen molar-refractivity contribution in [2.75, 3.05) is 7.11 Å². The Bertz CT molecular complexity index is 1690. The largest absolute Gasteiger partial charge is 0.496 e. The van der Waals surface area contributed by atoms with Gasteiger partial charge in [-0.3, -0.25) is 14.2 Å². The molecule has 214 valence electrons. The fraction of sp³-hybridized carbons (Fsp3) is 0.333. The van der Waals surface area contributed by atoms with Gasteiger partial charge < -0.3 is 19.9 Å². The van der Waals surface area contributed by atoms with Crippen LogP contribution in [0.3, 0.4) is 0 Å². The van der Waals surface area contributed by atoms with E-state index in [0.29, 0.717) is 27.7 Å². The maximum atomic E-state index is 13.4. The summed E-state index contributed by atoms with van der Waals surface area (Å²) in [6, 6.07) is 6.60. The summed E-state index contributed by atoms with van der Waals surface area (Å²) in [7, 11) is 2.78. The molecule has 1 saturated carbocycles. The molecule has 10 nitrogen and oxygen atoms in total. The zero-order valence-electron chi connectivity index (χ0n) is 22.0. The summed E-state index contributed by atoms with van der Waals surface area (Å²) in [4.78, 5) is 12.8. The number of methoxy groups -OCH3 is 1. The molecule has 2 atom stereocenters. The molecule has 2 heterocycles. The first kappa shape index (κ1) is 27.9. The number of benzene rings is 2. The number of halogens is 4. The summed E-state index contributed by atoms with van der Waals surface area (Å²) in [5.41, 5.74) is 2.05. The van der Waals surface area contributed by atoms with Crippen molar-refractivity contribution in [2.45, 2.75) is 44.6 Å². The monoisotopic (exact) mass is 572 g/mol. The fourth-order valence-electron chi connectivity index (χ4n) is 4.70. The first-order valence-corrected chi connectivity index (χ1v) is 12.4. The number of rotatable bonds is 9. The van der Waals surface area contributed by atoms with Gasteiger partial charge in [-0.25, -0.2) is 8.78 Å². The molecule has 5 rings (SSSR count). The van der Waals surface area contributed by atoms with Crippen molar-refractivity contribution in [2.24, 2.45) is 7.05 Å². The number of ether oxygens (including phenoxy) is 2. The quantitative estimate of drug-likeness (QED) is 0.289. The van der Waals surface area contributed by atoms with Crippen LogP contribution < -0.4 is 14.8 Å². The van der Waals surface area contributed by atoms with Gasteiger partial charge in [-0.2, -0.15) is 24.2 Å². The molecule has 41 heavy (non-hydrogen) atoms. The predicted octanol–water partition coefficient (Wildman–Crippen LogP) is 4.10. The van der Waals surface area contributed by atoms with Gasteiger partial charge in [-0.1, -0.05) is 0 Å². The minimum atomic E-state index is -3.33. The molecule has 0 spiro atoms. The number of nitriles is 1. The highest BCUT2D eigenvalue weighted by Gasteiger charge is 2.58. The summed E-state index contributed by atoms with van der Waals surface area (Å²) in [6.07, 6.45) is 2.14. The Hall–Kier alpha value is -4.64. The number of aliphatic hydroxyl groups excluding tert-OH is 1. The van der Waals surface area contributed by atoms with Gasteiger partial charge in [0, 0.05) is 36.2 Å². The Kier molecular flexibility index (Phi) is 7.08. The Labute approximate surface area is 230 Å². The second kappa shape index (κ2) is 10.4. The van der Waals surface area contributed by atoms with Gasteiger partial charge >= 0.3 is 6.61 Å². The van der Waals surface area contributed by atoms with Gasteiger partial charge in [0.1, 0.15) is 17.1 Å². The number of aliphatic hydroxyl groups is 1. The standard InChI is InChI=1S/C27H24F4N6O4/c1-13(38)11-37-12-17(10-33-37)14-4-16(9-32)22-18(5-14)35-36(2)24(22)15-6-19(40-3)23(20(7-15)41-26(28)29)25(39)34-21-8-27(21,30)31/h4-7,10,12-13,21,26,38H,8,11H2,1-3H3,(H,34,39)/t13-,21-/m1/s1. The van der Waals surface area contributed by atoms with E-state index in [1.54, 1.807) is 43.2 Å². The maximum Gasteiger partial charge on any atom is 0.387 e. The molecule has 0 radical (unpaired) electrons. The topological polar surface area (TPSA) is 127 Å². The summed E-state index contributed by atoms with van der Waals surface area (Å²) in [5.74, 6) is -4.93. The van der Waals surface area contributed by atoms with Crippen LogP contribution in [-0.2, 0) is 13.6 Å². The third-order valence-corrected chi connectivity index (χ3v) is 6.61. The van der Waals surface area contributed by atoms with Crippen LogP contribution in [0.1, 0.15) is 29.3 Å². The van der Waals surface area contributed by atoms with Crippen molar-refractivity contribution in [3.05, 3.63) is 47.8 Å². The van der Waals surface area contributed by atoms with Crippen LogP contribution in [0.4, 0.5) is 17.6 Å². The molecule has 1 aliphatic carbocycles. The SMILES string of the molecule is COc1cc(-c2c3c(C#N)cc(-c4cnn(C[C@@H](C)O)c4)cc3nn2C)cc(OC(F)F)c1C(=O)N[C@@H]1CC1(F)F. The zero-order chi connectivity index (χ0) is 29.6. The van der Waals surface area contributed by atoms with E-state index >= 15 is 0 Å². The van der Waals surface area contributed by atoms with Crippen molar-refractivity contribution in [1.82, 2.24) is 24.9 Å². The summed E-state index contributed by atoms with van der Waals surface area (Å²) in [6.45, 7) is -1.42. The Morgan fingerprint density at radius 1 is 1.24 bits per heavy atom. The molecule has 1 aliphatic rings. The van der Waals surface area contributed by atoms with Crippen LogP contribution in [0.2, 0.25) is 0 Å². The summed E-state index contributed by atoms with van der Waals surface area (Å²) < 4.78 is 66.6. The minimum Gasteiger partial charge on any atom is -0.496 e. The van der Waals surface area contributed by atoms with E-state index in [4.69, 9.17) is 4.74 Å². The third-order valence-electron chi connectivity index (χ3n) is 6.61. The molecule has 0 unspecified atom stereocenters. The van der Waals surface area contributed by atoms with Crippen molar-refractivity contribution in [1.29, 1.82) is 5.26 Å². The number of hydrogen-bond acceptors (Lipinski definition) is 7. The Morgan fingerprint density at radius 3 is 2.56 bits per heavy atom. The highest BCUT2D eigenvalue weighted by atomic mass is 19.3. The number of nitrogens with zero attached hydrogens (tertiary/aromatic N) is 5. The number of fused-ring (bicyclic) bond motifs is 1. The molecule has 4 aromatic rings. The number of amides is 1. The molecule has 2 aromatic heterocycles. The highest BCUT2D eigenvalue weighted by molar-refractivity contribution is 6.03. The van der Waals surface area contributed by atoms with Crippen molar-refractivity contribution in [3.8, 4) is 40.0 Å². The molecule has 0 aliphatic heterocycles. The van der Waals surface area contributed by atoms with Gasteiger partial charge in [0.05, 0.1) is 54.8 Å². The van der Waals surface area contributed by atoms with Crippen LogP contribution in [-0.4, -0.2) is 62.4 Å². The number of alkyl halides is 4. The second-order valence-corrected chi connectivity index (χ2v) is 9.72. The number of aryl methyl sites for hydroxylation is 1. The number of carbonyl (C=O) groups excluding carboxylic acids is 1. The normalized spacial score (nSPS) is 16.4. The van der Waals surface area contributed by atoms with Crippen LogP contribution in [0.25, 0.3) is 33.3 Å². The van der Waals surface area contributed by atoms with E-state index in [1.165, 1.54) is 17.9 Å². The predicted molar refractivity (Wildman–Crippen MR) is 138 cm³/mol. The summed E-state index contributed by atoms with van der Waals surface area (Å²) >= 11 is 0. The zero-order valence-corrected chi connectivity index (χ0v) is 22.0. The van der Waals surface area contributed by atoms with E-state index in [9.17, 15) is 32.7 Å². The maximum absolute atomic E-state index is 13.4. The molecule has 0 bridgehead atoms. The molecule has 14 heteroatoms. The van der Waals surface area contributed by atoms with E-state index in [1.807, 2.05) is 0 Å². The average molecular weight is 573 g/mol. The fourth-order valence-corrected chi connectivity index (χ4v) is 4.70. The lowest BCUT2D eigenvalue weighted by molar-refractivity contribution is -0.0502. The third kappa shape index (κ3) is 5.40. The molecule has 0 saturated heterocycles. The van der Waals surface area contributed by atoms with Gasteiger partial charge in [0.2, 0.25) is 0 Å². The number of hydrogen-bond donors (Lipinski definition) is 2. The Balaban J connectivity index is 1.62. The lowest BCUT2D eigenvalue weighted by Gasteiger charge is -2.17. The van der Waals surface area contributed by atoms with Gasteiger partial charge in [-0.15, -0.1) is 0 Å². The number of aromatic nitrogens is 4. The van der Waals surface area contributed by atoms with Crippen molar-refractivity contribution in [3.63, 3.8) is 0 Å². The second-order valence-electron chi connectivity index (χ2n) is 9.72. The minimum absolute atomic E-state index is 0.199. The van der Waals surface area contributed by atoms with E-state index in [2.05, 4.69) is 26.3 Å². The average Bonchev–Trinajstić information content (AvgIpc) is 3.20. The smallest absolute Gasteiger partial charge is 0.387 e. The number of nitrogens with one attached hydrogen (secondary N) is 1. The van der Waals surface area contributed by atoms with Crippen molar-refractivity contribution >= 4 is 16.8 Å². The molecule has 2 aromatic carbocycles. The van der Waals surface area contributed by atoms with Crippen LogP contribution in [0.15, 0.2) is 36.7 Å². The van der Waals surface area contributed by atoms with Crippen LogP contribution in [0.5, 0.6) is 11.5 Å².